The summed E-state index contributed by atoms with van der Waals surface area (Å²) in [7, 11) is 0. The van der Waals surface area contributed by atoms with Crippen LogP contribution in [0.25, 0.3) is 11.0 Å². The average molecular weight is 329 g/mol. The molecule has 0 saturated heterocycles. The van der Waals surface area contributed by atoms with E-state index in [9.17, 15) is 0 Å². The molecule has 1 aromatic heterocycles. The van der Waals surface area contributed by atoms with Gasteiger partial charge in [-0.25, -0.2) is 4.98 Å². The van der Waals surface area contributed by atoms with Crippen LogP contribution >= 0.6 is 11.6 Å². The van der Waals surface area contributed by atoms with Gasteiger partial charge in [0.15, 0.2) is 0 Å². The summed E-state index contributed by atoms with van der Waals surface area (Å²) in [5, 5.41) is 0.730. The maximum atomic E-state index is 6.15. The lowest BCUT2D eigenvalue weighted by Gasteiger charge is -2.13. The maximum absolute atomic E-state index is 6.15. The third kappa shape index (κ3) is 3.67. The van der Waals surface area contributed by atoms with Crippen molar-refractivity contribution in [2.45, 2.75) is 33.9 Å². The molecule has 0 unspecified atom stereocenters. The Labute approximate surface area is 141 Å². The van der Waals surface area contributed by atoms with E-state index in [-0.39, 0.29) is 0 Å². The normalized spacial score (nSPS) is 11.3. The third-order valence-corrected chi connectivity index (χ3v) is 3.93. The second-order valence-electron chi connectivity index (χ2n) is 6.27. The first-order valence-electron chi connectivity index (χ1n) is 7.87. The van der Waals surface area contributed by atoms with Crippen LogP contribution in [-0.2, 0) is 13.2 Å². The predicted molar refractivity (Wildman–Crippen MR) is 95.1 cm³/mol. The van der Waals surface area contributed by atoms with Crippen molar-refractivity contribution in [1.29, 1.82) is 0 Å². The molecule has 1 heterocycles. The van der Waals surface area contributed by atoms with Crippen LogP contribution in [0.4, 0.5) is 0 Å². The smallest absolute Gasteiger partial charge is 0.148 e. The fourth-order valence-electron chi connectivity index (χ4n) is 2.68. The van der Waals surface area contributed by atoms with Crippen LogP contribution in [-0.4, -0.2) is 9.55 Å². The van der Waals surface area contributed by atoms with Gasteiger partial charge in [0, 0.05) is 11.6 Å². The summed E-state index contributed by atoms with van der Waals surface area (Å²) in [6, 6.07) is 13.9. The van der Waals surface area contributed by atoms with Crippen molar-refractivity contribution in [2.24, 2.45) is 5.92 Å². The summed E-state index contributed by atoms with van der Waals surface area (Å²) >= 11 is 6.15. The quantitative estimate of drug-likeness (QED) is 0.641. The highest BCUT2D eigenvalue weighted by Crippen LogP contribution is 2.23. The highest BCUT2D eigenvalue weighted by molar-refractivity contribution is 6.31. The van der Waals surface area contributed by atoms with E-state index in [2.05, 4.69) is 31.4 Å². The van der Waals surface area contributed by atoms with E-state index in [0.29, 0.717) is 12.5 Å². The molecule has 120 valence electrons. The van der Waals surface area contributed by atoms with Crippen LogP contribution in [0.5, 0.6) is 5.75 Å². The lowest BCUT2D eigenvalue weighted by molar-refractivity contribution is 0.287. The van der Waals surface area contributed by atoms with Crippen molar-refractivity contribution in [3.63, 3.8) is 0 Å². The highest BCUT2D eigenvalue weighted by Gasteiger charge is 2.13. The van der Waals surface area contributed by atoms with Crippen molar-refractivity contribution in [3.8, 4) is 5.75 Å². The third-order valence-electron chi connectivity index (χ3n) is 3.69. The van der Waals surface area contributed by atoms with Gasteiger partial charge in [-0.15, -0.1) is 0 Å². The van der Waals surface area contributed by atoms with Gasteiger partial charge in [-0.05, 0) is 48.7 Å². The van der Waals surface area contributed by atoms with Crippen LogP contribution in [0, 0.1) is 12.8 Å². The predicted octanol–water partition coefficient (Wildman–Crippen LogP) is 5.23. The average Bonchev–Trinajstić information content (AvgIpc) is 2.82. The number of benzene rings is 2. The number of aromatic nitrogens is 2. The van der Waals surface area contributed by atoms with E-state index in [4.69, 9.17) is 21.3 Å². The summed E-state index contributed by atoms with van der Waals surface area (Å²) in [6.07, 6.45) is 0. The van der Waals surface area contributed by atoms with E-state index in [1.807, 2.05) is 36.4 Å². The Morgan fingerprint density at radius 3 is 2.74 bits per heavy atom. The number of halogens is 1. The Hall–Kier alpha value is -2.00. The topological polar surface area (TPSA) is 27.1 Å². The summed E-state index contributed by atoms with van der Waals surface area (Å²) in [5.74, 6) is 2.31. The van der Waals surface area contributed by atoms with Gasteiger partial charge < -0.3 is 9.30 Å². The van der Waals surface area contributed by atoms with Crippen LogP contribution in [0.2, 0.25) is 5.02 Å². The van der Waals surface area contributed by atoms with Gasteiger partial charge in [0.2, 0.25) is 0 Å². The van der Waals surface area contributed by atoms with E-state index >= 15 is 0 Å². The van der Waals surface area contributed by atoms with Crippen molar-refractivity contribution < 1.29 is 4.74 Å². The highest BCUT2D eigenvalue weighted by atomic mass is 35.5. The molecular formula is C19H21ClN2O. The molecule has 0 radical (unpaired) electrons. The summed E-state index contributed by atoms with van der Waals surface area (Å²) in [5.41, 5.74) is 3.21. The maximum Gasteiger partial charge on any atom is 0.148 e. The zero-order valence-corrected chi connectivity index (χ0v) is 14.5. The van der Waals surface area contributed by atoms with Crippen LogP contribution in [0.3, 0.4) is 0 Å². The monoisotopic (exact) mass is 328 g/mol. The molecule has 0 fully saturated rings. The van der Waals surface area contributed by atoms with Crippen molar-refractivity contribution >= 4 is 22.6 Å². The molecule has 4 heteroatoms. The van der Waals surface area contributed by atoms with E-state index in [1.54, 1.807) is 0 Å². The summed E-state index contributed by atoms with van der Waals surface area (Å²) in [4.78, 5) is 4.72. The molecular weight excluding hydrogens is 308 g/mol. The number of hydrogen-bond donors (Lipinski definition) is 0. The SMILES string of the molecule is Cc1cccc(OCc2nc3ccc(Cl)cc3n2CC(C)C)c1. The number of hydrogen-bond acceptors (Lipinski definition) is 2. The molecule has 0 amide bonds. The van der Waals surface area contributed by atoms with Gasteiger partial charge in [-0.1, -0.05) is 37.6 Å². The molecule has 0 saturated carbocycles. The molecule has 2 aromatic carbocycles. The summed E-state index contributed by atoms with van der Waals surface area (Å²) in [6.45, 7) is 7.79. The fourth-order valence-corrected chi connectivity index (χ4v) is 2.84. The van der Waals surface area contributed by atoms with Gasteiger partial charge in [0.1, 0.15) is 18.2 Å². The van der Waals surface area contributed by atoms with Crippen LogP contribution in [0.15, 0.2) is 42.5 Å². The molecule has 3 rings (SSSR count). The van der Waals surface area contributed by atoms with Crippen LogP contribution in [0.1, 0.15) is 25.2 Å². The number of nitrogens with zero attached hydrogens (tertiary/aromatic N) is 2. The Kier molecular flexibility index (Phi) is 4.58. The van der Waals surface area contributed by atoms with Gasteiger partial charge >= 0.3 is 0 Å². The molecule has 0 aliphatic heterocycles. The molecule has 3 aromatic rings. The lowest BCUT2D eigenvalue weighted by Crippen LogP contribution is -2.11. The number of imidazole rings is 1. The molecule has 23 heavy (non-hydrogen) atoms. The Morgan fingerprint density at radius 1 is 1.17 bits per heavy atom. The van der Waals surface area contributed by atoms with Crippen LogP contribution < -0.4 is 4.74 Å². The van der Waals surface area contributed by atoms with Gasteiger partial charge in [-0.2, -0.15) is 0 Å². The molecule has 0 atom stereocenters. The summed E-state index contributed by atoms with van der Waals surface area (Å²) < 4.78 is 8.15. The Bertz CT molecular complexity index is 823. The number of fused-ring (bicyclic) bond motifs is 1. The van der Waals surface area contributed by atoms with Crippen molar-refractivity contribution in [1.82, 2.24) is 9.55 Å². The molecule has 0 aliphatic carbocycles. The minimum atomic E-state index is 0.447. The van der Waals surface area contributed by atoms with Gasteiger partial charge in [0.05, 0.1) is 11.0 Å². The first-order chi connectivity index (χ1) is 11.0. The van der Waals surface area contributed by atoms with Crippen molar-refractivity contribution in [3.05, 3.63) is 58.9 Å². The Morgan fingerprint density at radius 2 is 2.00 bits per heavy atom. The minimum absolute atomic E-state index is 0.447. The van der Waals surface area contributed by atoms with Crippen molar-refractivity contribution in [2.75, 3.05) is 0 Å². The van der Waals surface area contributed by atoms with Gasteiger partial charge in [-0.3, -0.25) is 0 Å². The largest absolute Gasteiger partial charge is 0.486 e. The van der Waals surface area contributed by atoms with E-state index in [1.165, 1.54) is 5.56 Å². The second kappa shape index (κ2) is 6.63. The zero-order chi connectivity index (χ0) is 16.4. The van der Waals surface area contributed by atoms with E-state index < -0.39 is 0 Å². The molecule has 0 N–H and O–H groups in total. The standard InChI is InChI=1S/C19H21ClN2O/c1-13(2)11-22-18-10-15(20)7-8-17(18)21-19(22)12-23-16-6-4-5-14(3)9-16/h4-10,13H,11-12H2,1-3H3. The number of aryl methyl sites for hydroxylation is 1. The van der Waals surface area contributed by atoms with E-state index in [0.717, 1.165) is 34.2 Å². The Balaban J connectivity index is 1.92. The fraction of sp³-hybridized carbons (Fsp3) is 0.316. The number of ether oxygens (including phenoxy) is 1. The molecule has 0 bridgehead atoms. The minimum Gasteiger partial charge on any atom is -0.486 e. The molecule has 3 nitrogen and oxygen atoms in total. The molecule has 0 aliphatic rings. The lowest BCUT2D eigenvalue weighted by atomic mass is 10.2. The first kappa shape index (κ1) is 15.9. The zero-order valence-electron chi connectivity index (χ0n) is 13.7. The van der Waals surface area contributed by atoms with Gasteiger partial charge in [0.25, 0.3) is 0 Å². The second-order valence-corrected chi connectivity index (χ2v) is 6.71. The molecule has 0 spiro atoms. The first-order valence-corrected chi connectivity index (χ1v) is 8.25. The number of rotatable bonds is 5.